The highest BCUT2D eigenvalue weighted by atomic mass is 15.1. The first-order valence-corrected chi connectivity index (χ1v) is 15.9. The van der Waals surface area contributed by atoms with Crippen molar-refractivity contribution in [2.75, 3.05) is 4.90 Å². The van der Waals surface area contributed by atoms with Crippen molar-refractivity contribution in [2.24, 2.45) is 0 Å². The molecule has 0 saturated heterocycles. The molecule has 8 aromatic rings. The van der Waals surface area contributed by atoms with Crippen molar-refractivity contribution < 1.29 is 24.7 Å². The maximum atomic E-state index is 9.68. The molecule has 0 amide bonds. The van der Waals surface area contributed by atoms with Gasteiger partial charge in [-0.2, -0.15) is 0 Å². The van der Waals surface area contributed by atoms with E-state index in [0.29, 0.717) is 16.7 Å². The van der Waals surface area contributed by atoms with E-state index < -0.39 is 148 Å². The number of anilines is 3. The molecule has 0 heterocycles. The van der Waals surface area contributed by atoms with Gasteiger partial charge in [0.1, 0.15) is 0 Å². The number of rotatable bonds is 5. The van der Waals surface area contributed by atoms with E-state index in [-0.39, 0.29) is 5.69 Å². The summed E-state index contributed by atoms with van der Waals surface area (Å²) in [5.74, 6) is 0. The zero-order valence-electron chi connectivity index (χ0n) is 44.1. The predicted octanol–water partition coefficient (Wildman–Crippen LogP) is 12.8. The first-order chi connectivity index (χ1) is 32.3. The fourth-order valence-corrected chi connectivity index (χ4v) is 7.50. The van der Waals surface area contributed by atoms with E-state index in [0.717, 1.165) is 32.7 Å². The van der Waals surface area contributed by atoms with Gasteiger partial charge in [-0.1, -0.05) is 170 Å². The highest BCUT2D eigenvalue weighted by molar-refractivity contribution is 6.01. The molecular formula is C49H33N. The van der Waals surface area contributed by atoms with Crippen LogP contribution in [0.15, 0.2) is 200 Å². The Morgan fingerprint density at radius 2 is 0.760 bits per heavy atom. The Morgan fingerprint density at radius 3 is 1.26 bits per heavy atom. The van der Waals surface area contributed by atoms with Crippen LogP contribution in [0.25, 0.3) is 44.5 Å². The average Bonchev–Trinajstić information content (AvgIpc) is 3.82. The van der Waals surface area contributed by atoms with Crippen molar-refractivity contribution in [2.45, 2.75) is 5.41 Å². The van der Waals surface area contributed by atoms with Crippen LogP contribution in [0.3, 0.4) is 0 Å². The predicted molar refractivity (Wildman–Crippen MR) is 208 cm³/mol. The van der Waals surface area contributed by atoms with E-state index >= 15 is 0 Å². The van der Waals surface area contributed by atoms with Gasteiger partial charge < -0.3 is 4.90 Å². The minimum absolute atomic E-state index is 0.0985. The number of benzene rings is 8. The lowest BCUT2D eigenvalue weighted by Gasteiger charge is -2.32. The molecule has 0 radical (unpaired) electrons. The van der Waals surface area contributed by atoms with E-state index in [4.69, 9.17) is 13.7 Å². The average molecular weight is 654 g/mol. The van der Waals surface area contributed by atoms with Crippen LogP contribution < -0.4 is 4.90 Å². The Bertz CT molecular complexity index is 3290. The first kappa shape index (κ1) is 15.8. The normalized spacial score (nSPS) is 18.0. The van der Waals surface area contributed by atoms with Crippen molar-refractivity contribution in [1.29, 1.82) is 0 Å². The quantitative estimate of drug-likeness (QED) is 0.179. The molecule has 234 valence electrons. The van der Waals surface area contributed by atoms with Crippen LogP contribution in [0, 0.1) is 0 Å². The summed E-state index contributed by atoms with van der Waals surface area (Å²) in [6, 6.07) is 14.4. The number of fused-ring (bicyclic) bond motifs is 10. The van der Waals surface area contributed by atoms with Crippen LogP contribution in [-0.4, -0.2) is 0 Å². The van der Waals surface area contributed by atoms with Gasteiger partial charge in [0.15, 0.2) is 0 Å². The summed E-state index contributed by atoms with van der Waals surface area (Å²) in [5.41, 5.74) is 2.07. The lowest BCUT2D eigenvalue weighted by Crippen LogP contribution is -2.26. The van der Waals surface area contributed by atoms with Crippen molar-refractivity contribution in [3.8, 4) is 44.5 Å². The van der Waals surface area contributed by atoms with Crippen molar-refractivity contribution in [3.05, 3.63) is 222 Å². The molecule has 0 N–H and O–H groups in total. The Hall–Kier alpha value is -6.44. The maximum absolute atomic E-state index is 9.68. The van der Waals surface area contributed by atoms with Crippen LogP contribution in [0.5, 0.6) is 0 Å². The molecular weight excluding hydrogens is 603 g/mol. The van der Waals surface area contributed by atoms with E-state index in [1.807, 2.05) is 78.9 Å². The summed E-state index contributed by atoms with van der Waals surface area (Å²) < 4.78 is 161. The molecule has 0 aromatic heterocycles. The molecule has 2 aliphatic carbocycles. The van der Waals surface area contributed by atoms with Crippen molar-refractivity contribution >= 4 is 17.1 Å². The lowest BCUT2D eigenvalue weighted by molar-refractivity contribution is 0.794. The molecule has 50 heavy (non-hydrogen) atoms. The highest BCUT2D eigenvalue weighted by Crippen LogP contribution is 2.64. The summed E-state index contributed by atoms with van der Waals surface area (Å²) in [5, 5.41) is 0. The van der Waals surface area contributed by atoms with E-state index in [2.05, 4.69) is 0 Å². The fourth-order valence-electron chi connectivity index (χ4n) is 7.50. The van der Waals surface area contributed by atoms with Gasteiger partial charge in [-0.05, 0) is 91.4 Å². The van der Waals surface area contributed by atoms with Gasteiger partial charge in [0.25, 0.3) is 0 Å². The molecule has 1 nitrogen and oxygen atoms in total. The van der Waals surface area contributed by atoms with Crippen LogP contribution in [0.2, 0.25) is 0 Å². The smallest absolute Gasteiger partial charge is 0.0726 e. The van der Waals surface area contributed by atoms with Gasteiger partial charge in [-0.15, -0.1) is 0 Å². The van der Waals surface area contributed by atoms with Crippen molar-refractivity contribution in [3.63, 3.8) is 0 Å². The second kappa shape index (κ2) is 11.3. The highest BCUT2D eigenvalue weighted by Gasteiger charge is 2.52. The standard InChI is InChI=1S/C49H33N/c1-3-14-34(15-4-1)36-26-30-38(31-27-36)50(39-32-28-37(29-33-39)35-16-5-2-6-17-35)47-25-13-24-46-48(47)42-20-9-12-23-45(42)49(46)43-21-10-7-18-40(43)41-19-8-11-22-44(41)49/h1-33H/i1D,2D,3D,4D,5D,6D,14D,15D,16D,17D,26D,27D,28D,29D,30D,31D,32D,33D. The zero-order valence-corrected chi connectivity index (χ0v) is 26.1. The Labute approximate surface area is 318 Å². The third-order valence-electron chi connectivity index (χ3n) is 9.41. The minimum Gasteiger partial charge on any atom is -0.310 e. The monoisotopic (exact) mass is 653 g/mol. The lowest BCUT2D eigenvalue weighted by atomic mass is 9.70. The largest absolute Gasteiger partial charge is 0.310 e. The molecule has 1 heteroatoms. The zero-order chi connectivity index (χ0) is 48.7. The molecule has 10 rings (SSSR count). The molecule has 8 aromatic carbocycles. The Kier molecular flexibility index (Phi) is 3.59. The Morgan fingerprint density at radius 1 is 0.360 bits per heavy atom. The Balaban J connectivity index is 1.36. The topological polar surface area (TPSA) is 3.24 Å². The van der Waals surface area contributed by atoms with Crippen molar-refractivity contribution in [1.82, 2.24) is 0 Å². The molecule has 0 aliphatic heterocycles. The van der Waals surface area contributed by atoms with Crippen LogP contribution >= 0.6 is 0 Å². The summed E-state index contributed by atoms with van der Waals surface area (Å²) in [7, 11) is 0. The minimum atomic E-state index is -0.972. The van der Waals surface area contributed by atoms with Crippen LogP contribution in [0.1, 0.15) is 46.9 Å². The summed E-state index contributed by atoms with van der Waals surface area (Å²) in [6.45, 7) is 0. The first-order valence-electron chi connectivity index (χ1n) is 24.9. The molecule has 0 fully saturated rings. The third kappa shape index (κ3) is 4.14. The van der Waals surface area contributed by atoms with Gasteiger partial charge >= 0.3 is 0 Å². The maximum Gasteiger partial charge on any atom is 0.0726 e. The fraction of sp³-hybridized carbons (Fsp3) is 0.0204. The molecule has 2 aliphatic rings. The van der Waals surface area contributed by atoms with Gasteiger partial charge in [-0.25, -0.2) is 0 Å². The van der Waals surface area contributed by atoms with Gasteiger partial charge in [0.2, 0.25) is 0 Å². The van der Waals surface area contributed by atoms with Gasteiger partial charge in [-0.3, -0.25) is 0 Å². The summed E-state index contributed by atoms with van der Waals surface area (Å²) >= 11 is 0. The van der Waals surface area contributed by atoms with Gasteiger partial charge in [0, 0.05) is 16.9 Å². The number of nitrogens with zero attached hydrogens (tertiary/aromatic N) is 1. The molecule has 0 unspecified atom stereocenters. The van der Waals surface area contributed by atoms with E-state index in [1.54, 1.807) is 12.1 Å². The molecule has 0 atom stereocenters. The molecule has 1 spiro atoms. The van der Waals surface area contributed by atoms with E-state index in [9.17, 15) is 11.0 Å². The van der Waals surface area contributed by atoms with Crippen LogP contribution in [0.4, 0.5) is 17.1 Å². The second-order valence-electron chi connectivity index (χ2n) is 11.9. The van der Waals surface area contributed by atoms with Crippen LogP contribution in [-0.2, 0) is 5.41 Å². The molecule has 0 saturated carbocycles. The van der Waals surface area contributed by atoms with E-state index in [1.165, 1.54) is 0 Å². The number of hydrogen-bond acceptors (Lipinski definition) is 1. The van der Waals surface area contributed by atoms with Gasteiger partial charge in [0.05, 0.1) is 35.8 Å². The summed E-state index contributed by atoms with van der Waals surface area (Å²) in [6.07, 6.45) is 0. The third-order valence-corrected chi connectivity index (χ3v) is 9.41. The second-order valence-corrected chi connectivity index (χ2v) is 11.9. The molecule has 0 bridgehead atoms. The SMILES string of the molecule is [2H]c1c([2H])c([2H])c(-c2c([2H])c([2H])c(N(c3cccc4c3-c3ccccc3C43c4ccccc4-c4ccccc43)c3c([2H])c([2H])c(-c4c([2H])c([2H])c([2H])c([2H])c4[2H])c([2H])c3[2H])c([2H])c2[2H])c([2H])c1[2H]. The summed E-state index contributed by atoms with van der Waals surface area (Å²) in [4.78, 5) is 1.11. The number of hydrogen-bond donors (Lipinski definition) is 0.